The monoisotopic (exact) mass is 392 g/mol. The fourth-order valence-electron chi connectivity index (χ4n) is 3.29. The molecule has 6 heteroatoms. The highest BCUT2D eigenvalue weighted by Gasteiger charge is 2.10. The Labute approximate surface area is 168 Å². The molecule has 0 bridgehead atoms. The first kappa shape index (κ1) is 18.3. The third kappa shape index (κ3) is 4.10. The van der Waals surface area contributed by atoms with E-state index in [4.69, 9.17) is 11.6 Å². The first-order chi connectivity index (χ1) is 13.6. The summed E-state index contributed by atoms with van der Waals surface area (Å²) >= 11 is 5.93. The summed E-state index contributed by atoms with van der Waals surface area (Å²) in [7, 11) is 0. The maximum absolute atomic E-state index is 12.4. The smallest absolute Gasteiger partial charge is 0.225 e. The molecule has 0 aliphatic rings. The third-order valence-corrected chi connectivity index (χ3v) is 5.04. The summed E-state index contributed by atoms with van der Waals surface area (Å²) in [5, 5.41) is 9.29. The van der Waals surface area contributed by atoms with E-state index in [1.807, 2.05) is 66.3 Å². The SMILES string of the molecule is Cc1cc(NC(=O)CCc2c[nH]c3ccccc23)nn1Cc1ccc(Cl)cc1. The molecule has 0 radical (unpaired) electrons. The van der Waals surface area contributed by atoms with Crippen LogP contribution in [0.2, 0.25) is 5.02 Å². The molecule has 142 valence electrons. The predicted octanol–water partition coefficient (Wildman–Crippen LogP) is 4.95. The normalized spacial score (nSPS) is 11.1. The standard InChI is InChI=1S/C22H21ClN4O/c1-15-12-21(26-27(15)14-16-6-9-18(23)10-7-16)25-22(28)11-8-17-13-24-20-5-3-2-4-19(17)20/h2-7,9-10,12-13,24H,8,11,14H2,1H3,(H,25,26,28). The Morgan fingerprint density at radius 3 is 2.79 bits per heavy atom. The number of para-hydroxylation sites is 1. The molecule has 0 aliphatic carbocycles. The van der Waals surface area contributed by atoms with Gasteiger partial charge in [0, 0.05) is 40.3 Å². The minimum atomic E-state index is -0.0403. The van der Waals surface area contributed by atoms with Gasteiger partial charge in [0.1, 0.15) is 0 Å². The second-order valence-electron chi connectivity index (χ2n) is 6.86. The van der Waals surface area contributed by atoms with E-state index in [9.17, 15) is 4.79 Å². The van der Waals surface area contributed by atoms with Crippen molar-refractivity contribution in [3.05, 3.63) is 82.6 Å². The molecule has 0 aliphatic heterocycles. The lowest BCUT2D eigenvalue weighted by atomic mass is 10.1. The molecule has 2 heterocycles. The van der Waals surface area contributed by atoms with E-state index in [1.54, 1.807) is 0 Å². The average Bonchev–Trinajstić information content (AvgIpc) is 3.25. The van der Waals surface area contributed by atoms with Crippen molar-refractivity contribution in [3.8, 4) is 0 Å². The van der Waals surface area contributed by atoms with Crippen LogP contribution < -0.4 is 5.32 Å². The van der Waals surface area contributed by atoms with E-state index in [-0.39, 0.29) is 5.91 Å². The number of rotatable bonds is 6. The summed E-state index contributed by atoms with van der Waals surface area (Å²) in [4.78, 5) is 15.6. The fourth-order valence-corrected chi connectivity index (χ4v) is 3.41. The summed E-state index contributed by atoms with van der Waals surface area (Å²) in [6, 6.07) is 17.7. The van der Waals surface area contributed by atoms with Crippen molar-refractivity contribution in [1.29, 1.82) is 0 Å². The van der Waals surface area contributed by atoms with Gasteiger partial charge in [0.2, 0.25) is 5.91 Å². The van der Waals surface area contributed by atoms with Crippen molar-refractivity contribution in [1.82, 2.24) is 14.8 Å². The number of hydrogen-bond acceptors (Lipinski definition) is 2. The Balaban J connectivity index is 1.37. The highest BCUT2D eigenvalue weighted by atomic mass is 35.5. The number of halogens is 1. The van der Waals surface area contributed by atoms with E-state index < -0.39 is 0 Å². The minimum absolute atomic E-state index is 0.0403. The lowest BCUT2D eigenvalue weighted by Crippen LogP contribution is -2.13. The van der Waals surface area contributed by atoms with Crippen molar-refractivity contribution in [3.63, 3.8) is 0 Å². The zero-order valence-corrected chi connectivity index (χ0v) is 16.3. The van der Waals surface area contributed by atoms with Gasteiger partial charge in [0.05, 0.1) is 6.54 Å². The Bertz CT molecular complexity index is 1110. The van der Waals surface area contributed by atoms with Crippen LogP contribution in [0.3, 0.4) is 0 Å². The van der Waals surface area contributed by atoms with Crippen LogP contribution in [-0.4, -0.2) is 20.7 Å². The number of benzene rings is 2. The number of aromatic nitrogens is 3. The molecule has 4 rings (SSSR count). The van der Waals surface area contributed by atoms with E-state index in [2.05, 4.69) is 21.5 Å². The summed E-state index contributed by atoms with van der Waals surface area (Å²) in [6.07, 6.45) is 3.06. The Morgan fingerprint density at radius 2 is 1.96 bits per heavy atom. The van der Waals surface area contributed by atoms with E-state index in [0.29, 0.717) is 30.2 Å². The van der Waals surface area contributed by atoms with E-state index >= 15 is 0 Å². The highest BCUT2D eigenvalue weighted by molar-refractivity contribution is 6.30. The molecule has 0 unspecified atom stereocenters. The van der Waals surface area contributed by atoms with Gasteiger partial charge < -0.3 is 10.3 Å². The van der Waals surface area contributed by atoms with Crippen molar-refractivity contribution in [2.24, 2.45) is 0 Å². The summed E-state index contributed by atoms with van der Waals surface area (Å²) in [5.41, 5.74) is 4.33. The molecule has 5 nitrogen and oxygen atoms in total. The predicted molar refractivity (Wildman–Crippen MR) is 113 cm³/mol. The molecule has 2 aromatic heterocycles. The van der Waals surface area contributed by atoms with Crippen molar-refractivity contribution >= 4 is 34.2 Å². The van der Waals surface area contributed by atoms with Gasteiger partial charge in [-0.2, -0.15) is 5.10 Å². The second kappa shape index (κ2) is 7.90. The number of fused-ring (bicyclic) bond motifs is 1. The number of nitrogens with one attached hydrogen (secondary N) is 2. The first-order valence-electron chi connectivity index (χ1n) is 9.22. The van der Waals surface area contributed by atoms with E-state index in [1.165, 1.54) is 5.39 Å². The zero-order valence-electron chi connectivity index (χ0n) is 15.6. The van der Waals surface area contributed by atoms with Gasteiger partial charge in [-0.3, -0.25) is 9.48 Å². The van der Waals surface area contributed by atoms with E-state index in [0.717, 1.165) is 22.3 Å². The van der Waals surface area contributed by atoms with Gasteiger partial charge in [-0.25, -0.2) is 0 Å². The summed E-state index contributed by atoms with van der Waals surface area (Å²) < 4.78 is 1.87. The summed E-state index contributed by atoms with van der Waals surface area (Å²) in [6.45, 7) is 2.61. The number of aromatic amines is 1. The molecular formula is C22H21ClN4O. The summed E-state index contributed by atoms with van der Waals surface area (Å²) in [5.74, 6) is 0.539. The minimum Gasteiger partial charge on any atom is -0.361 e. The van der Waals surface area contributed by atoms with Gasteiger partial charge in [0.25, 0.3) is 0 Å². The fraction of sp³-hybridized carbons (Fsp3) is 0.182. The maximum atomic E-state index is 12.4. The molecule has 1 amide bonds. The van der Waals surface area contributed by atoms with Crippen LogP contribution >= 0.6 is 11.6 Å². The van der Waals surface area contributed by atoms with Crippen molar-refractivity contribution in [2.75, 3.05) is 5.32 Å². The maximum Gasteiger partial charge on any atom is 0.225 e. The Morgan fingerprint density at radius 1 is 1.18 bits per heavy atom. The van der Waals surface area contributed by atoms with Gasteiger partial charge in [-0.1, -0.05) is 41.9 Å². The Kier molecular flexibility index (Phi) is 5.17. The van der Waals surface area contributed by atoms with Gasteiger partial charge >= 0.3 is 0 Å². The second-order valence-corrected chi connectivity index (χ2v) is 7.30. The number of aryl methyl sites for hydroxylation is 2. The number of amides is 1. The molecule has 4 aromatic rings. The van der Waals surface area contributed by atoms with Crippen LogP contribution in [0.4, 0.5) is 5.82 Å². The number of carbonyl (C=O) groups is 1. The number of nitrogens with zero attached hydrogens (tertiary/aromatic N) is 2. The molecule has 2 N–H and O–H groups in total. The van der Waals surface area contributed by atoms with Crippen LogP contribution in [0.1, 0.15) is 23.2 Å². The van der Waals surface area contributed by atoms with Crippen LogP contribution in [0, 0.1) is 6.92 Å². The molecule has 0 spiro atoms. The number of hydrogen-bond donors (Lipinski definition) is 2. The zero-order chi connectivity index (χ0) is 19.5. The topological polar surface area (TPSA) is 62.7 Å². The highest BCUT2D eigenvalue weighted by Crippen LogP contribution is 2.19. The van der Waals surface area contributed by atoms with Crippen LogP contribution in [-0.2, 0) is 17.8 Å². The van der Waals surface area contributed by atoms with Crippen molar-refractivity contribution in [2.45, 2.75) is 26.3 Å². The third-order valence-electron chi connectivity index (χ3n) is 4.79. The van der Waals surface area contributed by atoms with Crippen LogP contribution in [0.15, 0.2) is 60.8 Å². The molecule has 0 saturated carbocycles. The quantitative estimate of drug-likeness (QED) is 0.488. The van der Waals surface area contributed by atoms with Crippen molar-refractivity contribution < 1.29 is 4.79 Å². The lowest BCUT2D eigenvalue weighted by molar-refractivity contribution is -0.116. The van der Waals surface area contributed by atoms with Crippen LogP contribution in [0.5, 0.6) is 0 Å². The number of anilines is 1. The molecule has 0 fully saturated rings. The average molecular weight is 393 g/mol. The lowest BCUT2D eigenvalue weighted by Gasteiger charge is -2.05. The first-order valence-corrected chi connectivity index (χ1v) is 9.60. The largest absolute Gasteiger partial charge is 0.361 e. The molecule has 2 aromatic carbocycles. The molecule has 28 heavy (non-hydrogen) atoms. The molecule has 0 atom stereocenters. The van der Waals surface area contributed by atoms with Gasteiger partial charge in [-0.05, 0) is 42.7 Å². The Hall–Kier alpha value is -3.05. The van der Waals surface area contributed by atoms with Gasteiger partial charge in [-0.15, -0.1) is 0 Å². The van der Waals surface area contributed by atoms with Crippen LogP contribution in [0.25, 0.3) is 10.9 Å². The van der Waals surface area contributed by atoms with Gasteiger partial charge in [0.15, 0.2) is 5.82 Å². The number of H-pyrrole nitrogens is 1. The molecule has 0 saturated heterocycles. The molecular weight excluding hydrogens is 372 g/mol. The number of carbonyl (C=O) groups excluding carboxylic acids is 1.